The molecule has 3 nitrogen and oxygen atoms in total. The van der Waals surface area contributed by atoms with Gasteiger partial charge in [-0.2, -0.15) is 4.40 Å². The molecule has 0 radical (unpaired) electrons. The zero-order valence-electron chi connectivity index (χ0n) is 13.4. The average molecular weight is 314 g/mol. The minimum absolute atomic E-state index is 0.171. The van der Waals surface area contributed by atoms with Crippen molar-refractivity contribution in [1.82, 2.24) is 4.90 Å². The standard InChI is InChI=1S/C18H22N2OS/c1-18(2,3)13-21-15-8-6-14(7-9-15)16-5-4-10-20-11-12-22-19-17(16)20/h4-10H,11-13H2,1-3H3. The molecule has 0 saturated heterocycles. The van der Waals surface area contributed by atoms with Gasteiger partial charge < -0.3 is 9.64 Å². The highest BCUT2D eigenvalue weighted by Gasteiger charge is 2.21. The van der Waals surface area contributed by atoms with Crippen molar-refractivity contribution in [2.45, 2.75) is 20.8 Å². The monoisotopic (exact) mass is 314 g/mol. The van der Waals surface area contributed by atoms with Crippen molar-refractivity contribution in [2.24, 2.45) is 9.81 Å². The van der Waals surface area contributed by atoms with Crippen LogP contribution in [0.4, 0.5) is 0 Å². The minimum Gasteiger partial charge on any atom is -0.493 e. The van der Waals surface area contributed by atoms with Crippen molar-refractivity contribution in [3.63, 3.8) is 0 Å². The fourth-order valence-electron chi connectivity index (χ4n) is 2.33. The first-order valence-electron chi connectivity index (χ1n) is 7.62. The van der Waals surface area contributed by atoms with Crippen LogP contribution in [-0.4, -0.2) is 29.6 Å². The Morgan fingerprint density at radius 3 is 2.73 bits per heavy atom. The second kappa shape index (κ2) is 6.21. The third kappa shape index (κ3) is 3.55. The Bertz CT molecular complexity index is 623. The molecule has 0 spiro atoms. The van der Waals surface area contributed by atoms with E-state index < -0.39 is 0 Å². The largest absolute Gasteiger partial charge is 0.493 e. The molecule has 0 N–H and O–H groups in total. The first-order valence-corrected chi connectivity index (χ1v) is 8.56. The van der Waals surface area contributed by atoms with Crippen LogP contribution in [0.1, 0.15) is 26.3 Å². The number of amidine groups is 1. The lowest BCUT2D eigenvalue weighted by Gasteiger charge is -2.29. The van der Waals surface area contributed by atoms with E-state index in [1.54, 1.807) is 11.9 Å². The molecule has 0 atom stereocenters. The number of ether oxygens (including phenoxy) is 1. The van der Waals surface area contributed by atoms with Crippen LogP contribution in [0.3, 0.4) is 0 Å². The normalized spacial score (nSPS) is 17.7. The Morgan fingerprint density at radius 1 is 1.23 bits per heavy atom. The van der Waals surface area contributed by atoms with Crippen LogP contribution in [0, 0.1) is 5.41 Å². The summed E-state index contributed by atoms with van der Waals surface area (Å²) in [7, 11) is 0. The molecule has 116 valence electrons. The topological polar surface area (TPSA) is 24.8 Å². The van der Waals surface area contributed by atoms with Crippen molar-refractivity contribution >= 4 is 23.4 Å². The first kappa shape index (κ1) is 15.2. The van der Waals surface area contributed by atoms with Crippen molar-refractivity contribution in [1.29, 1.82) is 0 Å². The van der Waals surface area contributed by atoms with Gasteiger partial charge in [0.05, 0.1) is 6.61 Å². The molecule has 1 aromatic rings. The maximum atomic E-state index is 5.84. The lowest BCUT2D eigenvalue weighted by Crippen LogP contribution is -2.32. The van der Waals surface area contributed by atoms with Gasteiger partial charge in [0.25, 0.3) is 0 Å². The van der Waals surface area contributed by atoms with Gasteiger partial charge >= 0.3 is 0 Å². The van der Waals surface area contributed by atoms with Crippen molar-refractivity contribution < 1.29 is 4.74 Å². The summed E-state index contributed by atoms with van der Waals surface area (Å²) >= 11 is 1.64. The molecule has 0 unspecified atom stereocenters. The highest BCUT2D eigenvalue weighted by atomic mass is 32.2. The predicted octanol–water partition coefficient (Wildman–Crippen LogP) is 4.38. The van der Waals surface area contributed by atoms with Gasteiger partial charge in [-0.1, -0.05) is 32.9 Å². The molecule has 3 rings (SSSR count). The van der Waals surface area contributed by atoms with E-state index in [9.17, 15) is 0 Å². The van der Waals surface area contributed by atoms with E-state index in [0.29, 0.717) is 0 Å². The van der Waals surface area contributed by atoms with Crippen LogP contribution < -0.4 is 4.74 Å². The highest BCUT2D eigenvalue weighted by molar-refractivity contribution is 7.98. The van der Waals surface area contributed by atoms with Crippen molar-refractivity contribution in [3.8, 4) is 5.75 Å². The zero-order valence-corrected chi connectivity index (χ0v) is 14.2. The smallest absolute Gasteiger partial charge is 0.148 e. The number of rotatable bonds is 3. The Morgan fingerprint density at radius 2 is 2.00 bits per heavy atom. The van der Waals surface area contributed by atoms with Gasteiger partial charge in [0.2, 0.25) is 0 Å². The molecular weight excluding hydrogens is 292 g/mol. The molecular formula is C18H22N2OS. The maximum Gasteiger partial charge on any atom is 0.148 e. The number of allylic oxidation sites excluding steroid dienone is 2. The molecule has 2 aliphatic heterocycles. The SMILES string of the molecule is CC(C)(C)COc1ccc(C2=CC=CN3CCSN=C23)cc1. The summed E-state index contributed by atoms with van der Waals surface area (Å²) in [4.78, 5) is 2.22. The summed E-state index contributed by atoms with van der Waals surface area (Å²) in [5, 5.41) is 0. The van der Waals surface area contributed by atoms with Crippen LogP contribution in [-0.2, 0) is 0 Å². The summed E-state index contributed by atoms with van der Waals surface area (Å²) in [6.07, 6.45) is 6.32. The van der Waals surface area contributed by atoms with E-state index >= 15 is 0 Å². The van der Waals surface area contributed by atoms with Crippen LogP contribution in [0.5, 0.6) is 5.75 Å². The Kier molecular flexibility index (Phi) is 4.30. The molecule has 2 aliphatic rings. The molecule has 4 heteroatoms. The van der Waals surface area contributed by atoms with E-state index in [1.165, 1.54) is 11.1 Å². The van der Waals surface area contributed by atoms with Crippen LogP contribution in [0.25, 0.3) is 5.57 Å². The second-order valence-electron chi connectivity index (χ2n) is 6.74. The van der Waals surface area contributed by atoms with Crippen molar-refractivity contribution in [3.05, 3.63) is 48.2 Å². The molecule has 0 saturated carbocycles. The van der Waals surface area contributed by atoms with E-state index in [4.69, 9.17) is 4.74 Å². The van der Waals surface area contributed by atoms with Gasteiger partial charge in [0, 0.05) is 24.1 Å². The molecule has 0 aromatic heterocycles. The fraction of sp³-hybridized carbons (Fsp3) is 0.389. The summed E-state index contributed by atoms with van der Waals surface area (Å²) < 4.78 is 10.4. The first-order chi connectivity index (χ1) is 10.5. The minimum atomic E-state index is 0.171. The Labute approximate surface area is 136 Å². The van der Waals surface area contributed by atoms with E-state index in [-0.39, 0.29) is 5.41 Å². The molecule has 1 aromatic carbocycles. The second-order valence-corrected chi connectivity index (χ2v) is 7.59. The van der Waals surface area contributed by atoms with Gasteiger partial charge in [0.1, 0.15) is 11.6 Å². The van der Waals surface area contributed by atoms with E-state index in [2.05, 4.69) is 60.6 Å². The van der Waals surface area contributed by atoms with Gasteiger partial charge in [-0.3, -0.25) is 0 Å². The average Bonchev–Trinajstić information content (AvgIpc) is 2.52. The number of hydrogen-bond acceptors (Lipinski definition) is 4. The quantitative estimate of drug-likeness (QED) is 0.774. The highest BCUT2D eigenvalue weighted by Crippen LogP contribution is 2.28. The van der Waals surface area contributed by atoms with E-state index in [1.807, 2.05) is 12.1 Å². The Balaban J connectivity index is 1.76. The summed E-state index contributed by atoms with van der Waals surface area (Å²) in [5.74, 6) is 3.02. The molecule has 0 fully saturated rings. The summed E-state index contributed by atoms with van der Waals surface area (Å²) in [6.45, 7) is 8.26. The van der Waals surface area contributed by atoms with Crippen molar-refractivity contribution in [2.75, 3.05) is 18.9 Å². The van der Waals surface area contributed by atoms with Gasteiger partial charge in [-0.15, -0.1) is 0 Å². The third-order valence-corrected chi connectivity index (χ3v) is 4.12. The molecule has 0 amide bonds. The fourth-order valence-corrected chi connectivity index (χ4v) is 3.02. The van der Waals surface area contributed by atoms with Crippen LogP contribution in [0.15, 0.2) is 47.0 Å². The molecule has 0 bridgehead atoms. The molecule has 22 heavy (non-hydrogen) atoms. The van der Waals surface area contributed by atoms with Gasteiger partial charge in [0.15, 0.2) is 0 Å². The number of fused-ring (bicyclic) bond motifs is 1. The lowest BCUT2D eigenvalue weighted by atomic mass is 9.98. The Hall–Kier alpha value is -1.68. The van der Waals surface area contributed by atoms with Crippen LogP contribution in [0.2, 0.25) is 0 Å². The predicted molar refractivity (Wildman–Crippen MR) is 95.1 cm³/mol. The number of benzene rings is 1. The molecule has 0 aliphatic carbocycles. The lowest BCUT2D eigenvalue weighted by molar-refractivity contribution is 0.198. The van der Waals surface area contributed by atoms with E-state index in [0.717, 1.165) is 30.5 Å². The zero-order chi connectivity index (χ0) is 15.6. The van der Waals surface area contributed by atoms with Gasteiger partial charge in [-0.25, -0.2) is 0 Å². The number of hydrogen-bond donors (Lipinski definition) is 0. The van der Waals surface area contributed by atoms with Crippen LogP contribution >= 0.6 is 11.9 Å². The summed E-state index contributed by atoms with van der Waals surface area (Å²) in [5.41, 5.74) is 2.53. The van der Waals surface area contributed by atoms with Gasteiger partial charge in [-0.05, 0) is 47.2 Å². The maximum absolute atomic E-state index is 5.84. The summed E-state index contributed by atoms with van der Waals surface area (Å²) in [6, 6.07) is 8.31. The molecule has 2 heterocycles. The number of nitrogens with zero attached hydrogens (tertiary/aromatic N) is 2. The third-order valence-electron chi connectivity index (χ3n) is 3.45.